The van der Waals surface area contributed by atoms with Crippen molar-refractivity contribution < 1.29 is 23.1 Å². The molecule has 0 bridgehead atoms. The highest BCUT2D eigenvalue weighted by Crippen LogP contribution is 2.18. The maximum absolute atomic E-state index is 12.2. The van der Waals surface area contributed by atoms with Gasteiger partial charge in [0.05, 0.1) is 17.8 Å². The summed E-state index contributed by atoms with van der Waals surface area (Å²) in [7, 11) is -3.45. The average Bonchev–Trinajstić information content (AvgIpc) is 2.49. The molecule has 2 rings (SSSR count). The number of carboxylic acid groups (broad SMARTS) is 1. The van der Waals surface area contributed by atoms with Gasteiger partial charge in [-0.3, -0.25) is 9.52 Å². The summed E-state index contributed by atoms with van der Waals surface area (Å²) in [5.41, 5.74) is 1.34. The predicted molar refractivity (Wildman–Crippen MR) is 87.9 cm³/mol. The number of sulfonamides is 1. The second kappa shape index (κ2) is 7.79. The number of hydrogen-bond donors (Lipinski definition) is 2. The van der Waals surface area contributed by atoms with E-state index in [4.69, 9.17) is 9.84 Å². The van der Waals surface area contributed by atoms with E-state index in [0.29, 0.717) is 18.7 Å². The second-order valence-electron chi connectivity index (χ2n) is 6.01. The smallest absolute Gasteiger partial charge is 0.306 e. The summed E-state index contributed by atoms with van der Waals surface area (Å²) in [6.07, 6.45) is 2.93. The first-order valence-corrected chi connectivity index (χ1v) is 9.45. The van der Waals surface area contributed by atoms with Crippen molar-refractivity contribution in [3.05, 3.63) is 29.8 Å². The number of anilines is 1. The van der Waals surface area contributed by atoms with E-state index in [1.165, 1.54) is 0 Å². The first-order chi connectivity index (χ1) is 10.9. The lowest BCUT2D eigenvalue weighted by atomic mass is 10.0. The average molecular weight is 341 g/mol. The van der Waals surface area contributed by atoms with Crippen LogP contribution in [0.4, 0.5) is 5.69 Å². The molecule has 128 valence electrons. The molecule has 0 radical (unpaired) electrons. The van der Waals surface area contributed by atoms with Gasteiger partial charge in [-0.15, -0.1) is 0 Å². The number of nitrogens with one attached hydrogen (secondary N) is 1. The minimum atomic E-state index is -3.45. The topological polar surface area (TPSA) is 92.7 Å². The van der Waals surface area contributed by atoms with Crippen LogP contribution in [0.25, 0.3) is 0 Å². The van der Waals surface area contributed by atoms with Crippen LogP contribution in [0.15, 0.2) is 24.3 Å². The fraction of sp³-hybridized carbons (Fsp3) is 0.562. The van der Waals surface area contributed by atoms with Crippen LogP contribution in [0.3, 0.4) is 0 Å². The monoisotopic (exact) mass is 341 g/mol. The van der Waals surface area contributed by atoms with E-state index in [0.717, 1.165) is 24.8 Å². The number of rotatable bonds is 7. The predicted octanol–water partition coefficient (Wildman–Crippen LogP) is 2.26. The van der Waals surface area contributed by atoms with E-state index in [-0.39, 0.29) is 11.9 Å². The standard InChI is InChI=1S/C16H23NO5S/c1-12(16(18)19)10-13-5-7-14(8-6-13)17-23(20,21)11-15-4-2-3-9-22-15/h5-8,12,15,17H,2-4,9-11H2,1H3,(H,18,19)/t12-,15-/m0/s1. The van der Waals surface area contributed by atoms with Crippen molar-refractivity contribution in [3.63, 3.8) is 0 Å². The summed E-state index contributed by atoms with van der Waals surface area (Å²) < 4.78 is 32.3. The summed E-state index contributed by atoms with van der Waals surface area (Å²) in [4.78, 5) is 10.8. The Balaban J connectivity index is 1.92. The van der Waals surface area contributed by atoms with Gasteiger partial charge in [0.15, 0.2) is 0 Å². The molecule has 7 heteroatoms. The molecule has 2 N–H and O–H groups in total. The molecule has 0 spiro atoms. The Hall–Kier alpha value is -1.60. The van der Waals surface area contributed by atoms with E-state index >= 15 is 0 Å². The van der Waals surface area contributed by atoms with E-state index in [1.807, 2.05) is 0 Å². The number of hydrogen-bond acceptors (Lipinski definition) is 4. The number of benzene rings is 1. The Morgan fingerprint density at radius 3 is 2.61 bits per heavy atom. The Labute approximate surface area is 136 Å². The Bertz CT molecular complexity index is 620. The number of carbonyl (C=O) groups is 1. The Morgan fingerprint density at radius 1 is 1.35 bits per heavy atom. The third-order valence-corrected chi connectivity index (χ3v) is 5.23. The SMILES string of the molecule is C[C@@H](Cc1ccc(NS(=O)(=O)C[C@@H]2CCCCO2)cc1)C(=O)O. The first kappa shape index (κ1) is 17.7. The largest absolute Gasteiger partial charge is 0.481 e. The fourth-order valence-corrected chi connectivity index (χ4v) is 3.89. The van der Waals surface area contributed by atoms with E-state index < -0.39 is 21.9 Å². The van der Waals surface area contributed by atoms with Gasteiger partial charge in [-0.05, 0) is 43.4 Å². The summed E-state index contributed by atoms with van der Waals surface area (Å²) in [6.45, 7) is 2.26. The number of aliphatic carboxylic acids is 1. The van der Waals surface area contributed by atoms with Gasteiger partial charge in [0.25, 0.3) is 0 Å². The molecule has 0 amide bonds. The van der Waals surface area contributed by atoms with E-state index in [2.05, 4.69) is 4.72 Å². The van der Waals surface area contributed by atoms with Crippen LogP contribution in [0.1, 0.15) is 31.7 Å². The van der Waals surface area contributed by atoms with Gasteiger partial charge in [-0.25, -0.2) is 8.42 Å². The van der Waals surface area contributed by atoms with Crippen LogP contribution in [0, 0.1) is 5.92 Å². The van der Waals surface area contributed by atoms with Crippen molar-refractivity contribution in [2.45, 2.75) is 38.7 Å². The van der Waals surface area contributed by atoms with Crippen molar-refractivity contribution in [3.8, 4) is 0 Å². The lowest BCUT2D eigenvalue weighted by Crippen LogP contribution is -2.30. The highest BCUT2D eigenvalue weighted by Gasteiger charge is 2.22. The van der Waals surface area contributed by atoms with Crippen LogP contribution in [0.2, 0.25) is 0 Å². The minimum absolute atomic E-state index is 0.0369. The molecule has 1 fully saturated rings. The molecule has 23 heavy (non-hydrogen) atoms. The lowest BCUT2D eigenvalue weighted by Gasteiger charge is -2.22. The van der Waals surface area contributed by atoms with Crippen molar-refractivity contribution >= 4 is 21.7 Å². The molecule has 0 aromatic heterocycles. The summed E-state index contributed by atoms with van der Waals surface area (Å²) >= 11 is 0. The molecular formula is C16H23NO5S. The van der Waals surface area contributed by atoms with Crippen molar-refractivity contribution in [1.29, 1.82) is 0 Å². The molecular weight excluding hydrogens is 318 g/mol. The summed E-state index contributed by atoms with van der Waals surface area (Å²) in [6, 6.07) is 6.80. The Kier molecular flexibility index (Phi) is 6.01. The first-order valence-electron chi connectivity index (χ1n) is 7.79. The zero-order chi connectivity index (χ0) is 16.9. The van der Waals surface area contributed by atoms with Gasteiger partial charge in [0, 0.05) is 12.3 Å². The van der Waals surface area contributed by atoms with Gasteiger partial charge in [0.2, 0.25) is 10.0 Å². The number of carboxylic acids is 1. The maximum Gasteiger partial charge on any atom is 0.306 e. The summed E-state index contributed by atoms with van der Waals surface area (Å²) in [5.74, 6) is -1.35. The fourth-order valence-electron chi connectivity index (χ4n) is 2.55. The maximum atomic E-state index is 12.2. The van der Waals surface area contributed by atoms with Gasteiger partial charge in [0.1, 0.15) is 0 Å². The van der Waals surface area contributed by atoms with E-state index in [9.17, 15) is 13.2 Å². The second-order valence-corrected chi connectivity index (χ2v) is 7.78. The molecule has 1 aliphatic heterocycles. The highest BCUT2D eigenvalue weighted by atomic mass is 32.2. The molecule has 1 aliphatic rings. The molecule has 0 saturated carbocycles. The molecule has 2 atom stereocenters. The van der Waals surface area contributed by atoms with Gasteiger partial charge in [-0.1, -0.05) is 19.1 Å². The molecule has 0 unspecified atom stereocenters. The summed E-state index contributed by atoms with van der Waals surface area (Å²) in [5, 5.41) is 8.90. The van der Waals surface area contributed by atoms with Crippen molar-refractivity contribution in [1.82, 2.24) is 0 Å². The highest BCUT2D eigenvalue weighted by molar-refractivity contribution is 7.92. The van der Waals surface area contributed by atoms with E-state index in [1.54, 1.807) is 31.2 Å². The van der Waals surface area contributed by atoms with Gasteiger partial charge in [-0.2, -0.15) is 0 Å². The van der Waals surface area contributed by atoms with Crippen molar-refractivity contribution in [2.24, 2.45) is 5.92 Å². The molecule has 1 aromatic carbocycles. The van der Waals surface area contributed by atoms with Crippen LogP contribution in [-0.4, -0.2) is 38.0 Å². The van der Waals surface area contributed by atoms with Crippen molar-refractivity contribution in [2.75, 3.05) is 17.1 Å². The third kappa shape index (κ3) is 5.84. The normalized spacial score (nSPS) is 20.0. The van der Waals surface area contributed by atoms with Crippen LogP contribution >= 0.6 is 0 Å². The third-order valence-electron chi connectivity index (χ3n) is 3.87. The molecule has 1 saturated heterocycles. The number of ether oxygens (including phenoxy) is 1. The minimum Gasteiger partial charge on any atom is -0.481 e. The van der Waals surface area contributed by atoms with Crippen LogP contribution < -0.4 is 4.72 Å². The quantitative estimate of drug-likeness (QED) is 0.793. The van der Waals surface area contributed by atoms with Gasteiger partial charge < -0.3 is 9.84 Å². The molecule has 1 aromatic rings. The molecule has 6 nitrogen and oxygen atoms in total. The lowest BCUT2D eigenvalue weighted by molar-refractivity contribution is -0.141. The zero-order valence-electron chi connectivity index (χ0n) is 13.2. The Morgan fingerprint density at radius 2 is 2.04 bits per heavy atom. The van der Waals surface area contributed by atoms with Crippen LogP contribution in [0.5, 0.6) is 0 Å². The van der Waals surface area contributed by atoms with Crippen LogP contribution in [-0.2, 0) is 26.0 Å². The molecule has 1 heterocycles. The zero-order valence-corrected chi connectivity index (χ0v) is 14.0. The van der Waals surface area contributed by atoms with Gasteiger partial charge >= 0.3 is 5.97 Å². The molecule has 0 aliphatic carbocycles.